The molecule has 0 spiro atoms. The van der Waals surface area contributed by atoms with Crippen molar-refractivity contribution < 1.29 is 33.4 Å². The van der Waals surface area contributed by atoms with E-state index in [9.17, 15) is 19.2 Å². The number of hydrogen-bond acceptors (Lipinski definition) is 8. The number of nitrogens with zero attached hydrogens (tertiary/aromatic N) is 1. The van der Waals surface area contributed by atoms with Crippen LogP contribution in [0.3, 0.4) is 0 Å². The first kappa shape index (κ1) is 32.7. The van der Waals surface area contributed by atoms with E-state index in [1.807, 2.05) is 0 Å². The van der Waals surface area contributed by atoms with Gasteiger partial charge in [-0.15, -0.1) is 0 Å². The predicted molar refractivity (Wildman–Crippen MR) is 170 cm³/mol. The molecule has 1 aliphatic rings. The number of carbonyl (C=O) groups excluding carboxylic acids is 4. The predicted octanol–water partition coefficient (Wildman–Crippen LogP) is 7.85. The van der Waals surface area contributed by atoms with E-state index in [-0.39, 0.29) is 34.4 Å². The molecule has 3 amide bonds. The van der Waals surface area contributed by atoms with Crippen molar-refractivity contribution in [2.24, 2.45) is 0 Å². The lowest BCUT2D eigenvalue weighted by atomic mass is 10.1. The third kappa shape index (κ3) is 8.04. The molecule has 1 fully saturated rings. The van der Waals surface area contributed by atoms with Gasteiger partial charge in [-0.05, 0) is 88.7 Å². The van der Waals surface area contributed by atoms with Crippen LogP contribution >= 0.6 is 62.5 Å². The lowest BCUT2D eigenvalue weighted by molar-refractivity contribution is -0.127. The fraction of sp³-hybridized carbons (Fsp3) is 0.172. The van der Waals surface area contributed by atoms with Crippen molar-refractivity contribution in [3.05, 3.63) is 89.7 Å². The van der Waals surface area contributed by atoms with Crippen LogP contribution in [0.25, 0.3) is 6.08 Å². The molecule has 0 unspecified atom stereocenters. The molecule has 1 saturated heterocycles. The van der Waals surface area contributed by atoms with Gasteiger partial charge in [-0.1, -0.05) is 40.9 Å². The number of hydrogen-bond donors (Lipinski definition) is 1. The molecular weight excluding hydrogens is 707 g/mol. The van der Waals surface area contributed by atoms with Crippen molar-refractivity contribution in [3.63, 3.8) is 0 Å². The van der Waals surface area contributed by atoms with Gasteiger partial charge in [-0.3, -0.25) is 19.3 Å². The summed E-state index contributed by atoms with van der Waals surface area (Å²) in [7, 11) is 1.47. The van der Waals surface area contributed by atoms with Gasteiger partial charge >= 0.3 is 5.97 Å². The zero-order valence-electron chi connectivity index (χ0n) is 22.5. The van der Waals surface area contributed by atoms with Gasteiger partial charge < -0.3 is 19.5 Å². The third-order valence-corrected chi connectivity index (χ3v) is 8.27. The monoisotopic (exact) mass is 726 g/mol. The Balaban J connectivity index is 1.45. The van der Waals surface area contributed by atoms with Crippen LogP contribution in [0.2, 0.25) is 15.1 Å². The summed E-state index contributed by atoms with van der Waals surface area (Å²) in [6.07, 6.45) is 1.51. The van der Waals surface area contributed by atoms with E-state index in [0.717, 1.165) is 10.5 Å². The van der Waals surface area contributed by atoms with E-state index in [0.29, 0.717) is 43.3 Å². The number of halogens is 4. The molecular formula is C29H22BrCl3N2O7S. The summed E-state index contributed by atoms with van der Waals surface area (Å²) in [5.74, 6) is -1.15. The number of benzene rings is 3. The summed E-state index contributed by atoms with van der Waals surface area (Å²) in [5.41, 5.74) is 1.58. The number of anilines is 1. The SMILES string of the molecule is CCOC(=O)c1cc(NC(=O)CN2C(=O)S/C(=C/c3cc(Br)c(OCc4ccc(Cl)cc4Cl)c(OC)c3)C2=O)ccc1Cl. The molecule has 0 radical (unpaired) electrons. The fourth-order valence-electron chi connectivity index (χ4n) is 3.85. The van der Waals surface area contributed by atoms with Gasteiger partial charge in [0.1, 0.15) is 13.2 Å². The number of imide groups is 1. The van der Waals surface area contributed by atoms with Gasteiger partial charge in [0.15, 0.2) is 11.5 Å². The maximum Gasteiger partial charge on any atom is 0.339 e. The summed E-state index contributed by atoms with van der Waals surface area (Å²) < 4.78 is 16.9. The number of ether oxygens (including phenoxy) is 3. The molecule has 9 nitrogen and oxygen atoms in total. The smallest absolute Gasteiger partial charge is 0.339 e. The molecule has 0 saturated carbocycles. The fourth-order valence-corrected chi connectivity index (χ4v) is 5.92. The molecule has 1 aliphatic heterocycles. The number of nitrogens with one attached hydrogen (secondary N) is 1. The van der Waals surface area contributed by atoms with Crippen molar-refractivity contribution in [2.45, 2.75) is 13.5 Å². The highest BCUT2D eigenvalue weighted by atomic mass is 79.9. The maximum absolute atomic E-state index is 13.1. The Morgan fingerprint density at radius 2 is 1.81 bits per heavy atom. The molecule has 0 aliphatic carbocycles. The van der Waals surface area contributed by atoms with Crippen LogP contribution < -0.4 is 14.8 Å². The Hall–Kier alpha value is -3.22. The number of thioether (sulfide) groups is 1. The molecule has 1 N–H and O–H groups in total. The molecule has 224 valence electrons. The largest absolute Gasteiger partial charge is 0.493 e. The van der Waals surface area contributed by atoms with Crippen LogP contribution in [0.1, 0.15) is 28.4 Å². The van der Waals surface area contributed by atoms with Crippen molar-refractivity contribution in [1.82, 2.24) is 4.90 Å². The molecule has 4 rings (SSSR count). The Labute approximate surface area is 274 Å². The highest BCUT2D eigenvalue weighted by Crippen LogP contribution is 2.40. The number of esters is 1. The quantitative estimate of drug-likeness (QED) is 0.166. The van der Waals surface area contributed by atoms with E-state index in [2.05, 4.69) is 21.2 Å². The van der Waals surface area contributed by atoms with Crippen LogP contribution in [-0.2, 0) is 20.9 Å². The molecule has 43 heavy (non-hydrogen) atoms. The van der Waals surface area contributed by atoms with Crippen LogP contribution in [0, 0.1) is 0 Å². The van der Waals surface area contributed by atoms with Gasteiger partial charge in [0.25, 0.3) is 11.1 Å². The minimum Gasteiger partial charge on any atom is -0.493 e. The second-order valence-electron chi connectivity index (χ2n) is 8.79. The first-order chi connectivity index (χ1) is 20.5. The first-order valence-electron chi connectivity index (χ1n) is 12.5. The lowest BCUT2D eigenvalue weighted by Gasteiger charge is -2.14. The first-order valence-corrected chi connectivity index (χ1v) is 15.2. The van der Waals surface area contributed by atoms with Crippen LogP contribution in [0.5, 0.6) is 11.5 Å². The van der Waals surface area contributed by atoms with E-state index in [1.54, 1.807) is 37.3 Å². The summed E-state index contributed by atoms with van der Waals surface area (Å²) in [6.45, 7) is 1.42. The van der Waals surface area contributed by atoms with Crippen molar-refractivity contribution in [2.75, 3.05) is 25.6 Å². The third-order valence-electron chi connectivity index (χ3n) is 5.86. The number of amides is 3. The Morgan fingerprint density at radius 3 is 2.51 bits per heavy atom. The lowest BCUT2D eigenvalue weighted by Crippen LogP contribution is -2.36. The molecule has 3 aromatic rings. The summed E-state index contributed by atoms with van der Waals surface area (Å²) >= 11 is 22.4. The molecule has 0 atom stereocenters. The Bertz CT molecular complexity index is 1650. The van der Waals surface area contributed by atoms with Crippen molar-refractivity contribution in [3.8, 4) is 11.5 Å². The molecule has 0 aromatic heterocycles. The average molecular weight is 729 g/mol. The minimum atomic E-state index is -0.646. The van der Waals surface area contributed by atoms with Crippen molar-refractivity contribution in [1.29, 1.82) is 0 Å². The van der Waals surface area contributed by atoms with E-state index < -0.39 is 29.6 Å². The normalized spacial score (nSPS) is 13.8. The van der Waals surface area contributed by atoms with Gasteiger partial charge in [0, 0.05) is 21.3 Å². The molecule has 3 aromatic carbocycles. The van der Waals surface area contributed by atoms with Crippen LogP contribution in [-0.4, -0.2) is 48.2 Å². The number of carbonyl (C=O) groups is 4. The van der Waals surface area contributed by atoms with Crippen LogP contribution in [0.15, 0.2) is 57.9 Å². The van der Waals surface area contributed by atoms with Gasteiger partial charge in [-0.2, -0.15) is 0 Å². The maximum atomic E-state index is 13.1. The van der Waals surface area contributed by atoms with Crippen LogP contribution in [0.4, 0.5) is 10.5 Å². The summed E-state index contributed by atoms with van der Waals surface area (Å²) in [6, 6.07) is 12.7. The summed E-state index contributed by atoms with van der Waals surface area (Å²) in [4.78, 5) is 51.4. The second-order valence-corrected chi connectivity index (χ2v) is 11.9. The Morgan fingerprint density at radius 1 is 1.05 bits per heavy atom. The van der Waals surface area contributed by atoms with Gasteiger partial charge in [0.2, 0.25) is 5.91 Å². The summed E-state index contributed by atoms with van der Waals surface area (Å²) in [5, 5.41) is 3.07. The van der Waals surface area contributed by atoms with Crippen molar-refractivity contribution >= 4 is 97.3 Å². The van der Waals surface area contributed by atoms with E-state index in [1.165, 1.54) is 31.4 Å². The van der Waals surface area contributed by atoms with Gasteiger partial charge in [0.05, 0.1) is 33.7 Å². The zero-order valence-corrected chi connectivity index (χ0v) is 27.2. The second kappa shape index (κ2) is 14.5. The minimum absolute atomic E-state index is 0.0715. The Kier molecular flexibility index (Phi) is 11.0. The standard InChI is InChI=1S/C29H22BrCl3N2O7S/c1-3-41-28(38)19-12-18(6-7-21(19)32)34-25(36)13-35-27(37)24(43-29(35)39)10-15-8-20(30)26(23(9-15)40-2)42-14-16-4-5-17(31)11-22(16)33/h4-12H,3,13-14H2,1-2H3,(H,34,36)/b24-10+. The zero-order chi connectivity index (χ0) is 31.3. The topological polar surface area (TPSA) is 111 Å². The van der Waals surface area contributed by atoms with E-state index in [4.69, 9.17) is 49.0 Å². The number of methoxy groups -OCH3 is 1. The highest BCUT2D eigenvalue weighted by molar-refractivity contribution is 9.10. The average Bonchev–Trinajstić information content (AvgIpc) is 3.21. The number of rotatable bonds is 10. The molecule has 14 heteroatoms. The molecule has 0 bridgehead atoms. The van der Waals surface area contributed by atoms with E-state index >= 15 is 0 Å². The van der Waals surface area contributed by atoms with Gasteiger partial charge in [-0.25, -0.2) is 4.79 Å². The highest BCUT2D eigenvalue weighted by Gasteiger charge is 2.36. The molecule has 1 heterocycles.